The lowest BCUT2D eigenvalue weighted by molar-refractivity contribution is -0.208. The van der Waals surface area contributed by atoms with Gasteiger partial charge in [0.2, 0.25) is 0 Å². The van der Waals surface area contributed by atoms with E-state index in [4.69, 9.17) is 5.73 Å². The first-order valence-corrected chi connectivity index (χ1v) is 5.29. The van der Waals surface area contributed by atoms with Crippen molar-refractivity contribution in [2.45, 2.75) is 26.7 Å². The zero-order chi connectivity index (χ0) is 12.1. The normalized spacial score (nSPS) is 10.2. The van der Waals surface area contributed by atoms with Crippen molar-refractivity contribution in [1.29, 1.82) is 0 Å². The lowest BCUT2D eigenvalue weighted by Crippen LogP contribution is -2.17. The maximum atomic E-state index is 11.7. The van der Waals surface area contributed by atoms with Gasteiger partial charge >= 0.3 is 0 Å². The molecule has 1 rings (SSSR count). The molecule has 0 aromatic heterocycles. The molecule has 0 bridgehead atoms. The van der Waals surface area contributed by atoms with Crippen LogP contribution in [-0.4, -0.2) is 12.3 Å². The molecular weight excluding hydrogens is 206 g/mol. The Kier molecular flexibility index (Phi) is 4.46. The first-order valence-electron chi connectivity index (χ1n) is 5.29. The quantitative estimate of drug-likeness (QED) is 0.465. The Balaban J connectivity index is 3.37. The minimum atomic E-state index is -0.123. The van der Waals surface area contributed by atoms with Crippen LogP contribution in [0.5, 0.6) is 5.75 Å². The molecule has 0 heterocycles. The van der Waals surface area contributed by atoms with Gasteiger partial charge < -0.3 is 10.6 Å². The molecule has 86 valence electrons. The summed E-state index contributed by atoms with van der Waals surface area (Å²) < 4.78 is 0. The minimum absolute atomic E-state index is 0.0363. The van der Waals surface area contributed by atoms with Crippen molar-refractivity contribution in [3.63, 3.8) is 0 Å². The topological polar surface area (TPSA) is 72.2 Å². The number of carbonyl (C=O) groups is 1. The molecule has 2 radical (unpaired) electrons. The second-order valence-corrected chi connectivity index (χ2v) is 3.43. The predicted molar refractivity (Wildman–Crippen MR) is 58.7 cm³/mol. The number of ketones is 1. The third-order valence-corrected chi connectivity index (χ3v) is 2.49. The van der Waals surface area contributed by atoms with Crippen molar-refractivity contribution in [3.8, 4) is 5.75 Å². The van der Waals surface area contributed by atoms with Gasteiger partial charge in [0.15, 0.2) is 11.5 Å². The number of aryl methyl sites for hydroxylation is 2. The molecule has 0 aliphatic carbocycles. The van der Waals surface area contributed by atoms with Crippen LogP contribution in [0.3, 0.4) is 0 Å². The van der Waals surface area contributed by atoms with Crippen molar-refractivity contribution >= 4 is 5.78 Å². The number of carbonyl (C=O) groups excluding carboxylic acids is 1. The number of Topliss-reactive ketones (excluding diaryl/α,β-unsaturated/α-hetero) is 1. The highest BCUT2D eigenvalue weighted by molar-refractivity contribution is 6.00. The Morgan fingerprint density at radius 1 is 1.44 bits per heavy atom. The van der Waals surface area contributed by atoms with Gasteiger partial charge in [-0.05, 0) is 30.0 Å². The first kappa shape index (κ1) is 12.7. The molecule has 16 heavy (non-hydrogen) atoms. The van der Waals surface area contributed by atoms with Gasteiger partial charge in [-0.1, -0.05) is 13.8 Å². The predicted octanol–water partition coefficient (Wildman–Crippen LogP) is 1.48. The van der Waals surface area contributed by atoms with Crippen LogP contribution in [0.1, 0.15) is 35.3 Å². The van der Waals surface area contributed by atoms with Crippen LogP contribution < -0.4 is 10.6 Å². The maximum absolute atomic E-state index is 11.7. The second kappa shape index (κ2) is 5.63. The molecule has 0 unspecified atom stereocenters. The summed E-state index contributed by atoms with van der Waals surface area (Å²) in [6, 6.07) is 4.34. The minimum Gasteiger partial charge on any atom is -0.324 e. The van der Waals surface area contributed by atoms with E-state index >= 15 is 0 Å². The number of nitrogens with two attached hydrogens (primary N) is 1. The highest BCUT2D eigenvalue weighted by atomic mass is 17.1. The fraction of sp³-hybridized carbons (Fsp3) is 0.417. The van der Waals surface area contributed by atoms with Gasteiger partial charge in [-0.2, -0.15) is 0 Å². The monoisotopic (exact) mass is 221 g/mol. The summed E-state index contributed by atoms with van der Waals surface area (Å²) in [7, 11) is 0. The largest absolute Gasteiger partial charge is 0.324 e. The molecular formula is C12H15NO3. The van der Waals surface area contributed by atoms with Crippen LogP contribution in [-0.2, 0) is 18.1 Å². The van der Waals surface area contributed by atoms with E-state index in [2.05, 4.69) is 11.0 Å². The van der Waals surface area contributed by atoms with Gasteiger partial charge in [0.25, 0.3) is 0 Å². The van der Waals surface area contributed by atoms with E-state index in [-0.39, 0.29) is 18.1 Å². The van der Waals surface area contributed by atoms with Crippen molar-refractivity contribution in [1.82, 2.24) is 0 Å². The van der Waals surface area contributed by atoms with Gasteiger partial charge in [-0.3, -0.25) is 4.79 Å². The van der Waals surface area contributed by atoms with Crippen molar-refractivity contribution < 1.29 is 14.9 Å². The molecule has 1 aromatic rings. The smallest absolute Gasteiger partial charge is 0.177 e. The highest BCUT2D eigenvalue weighted by Gasteiger charge is 2.16. The number of benzene rings is 1. The van der Waals surface area contributed by atoms with Crippen LogP contribution in [0.15, 0.2) is 6.07 Å². The Morgan fingerprint density at radius 3 is 2.56 bits per heavy atom. The first-order chi connectivity index (χ1) is 7.67. The summed E-state index contributed by atoms with van der Waals surface area (Å²) in [6.45, 7) is 3.77. The van der Waals surface area contributed by atoms with Gasteiger partial charge in [-0.15, -0.1) is 0 Å². The molecule has 2 N–H and O–H groups in total. The van der Waals surface area contributed by atoms with E-state index < -0.39 is 0 Å². The van der Waals surface area contributed by atoms with Crippen molar-refractivity contribution in [2.24, 2.45) is 5.73 Å². The van der Waals surface area contributed by atoms with E-state index in [0.29, 0.717) is 24.0 Å². The SMILES string of the molecule is CCc1[c]c(O[O])cc(CC)c1C(=O)CN. The molecule has 0 amide bonds. The van der Waals surface area contributed by atoms with Crippen LogP contribution in [0.2, 0.25) is 0 Å². The molecule has 1 aromatic carbocycles. The summed E-state index contributed by atoms with van der Waals surface area (Å²) in [4.78, 5) is 15.6. The van der Waals surface area contributed by atoms with Gasteiger partial charge in [0.1, 0.15) is 0 Å². The van der Waals surface area contributed by atoms with Gasteiger partial charge in [0, 0.05) is 16.9 Å². The van der Waals surface area contributed by atoms with Crippen molar-refractivity contribution in [3.05, 3.63) is 28.8 Å². The molecule has 4 nitrogen and oxygen atoms in total. The highest BCUT2D eigenvalue weighted by Crippen LogP contribution is 2.23. The summed E-state index contributed by atoms with van der Waals surface area (Å²) in [5, 5.41) is 10.4. The summed E-state index contributed by atoms with van der Waals surface area (Å²) in [6.07, 6.45) is 1.27. The number of hydrogen-bond donors (Lipinski definition) is 1. The van der Waals surface area contributed by atoms with Crippen LogP contribution >= 0.6 is 0 Å². The Labute approximate surface area is 95.0 Å². The number of hydrogen-bond acceptors (Lipinski definition) is 3. The zero-order valence-electron chi connectivity index (χ0n) is 9.50. The standard InChI is InChI=1S/C12H15NO3/c1-3-8-5-10(16-15)6-9(4-2)12(8)11(14)7-13/h5H,3-4,7,13H2,1-2H3. The van der Waals surface area contributed by atoms with Crippen LogP contribution in [0.25, 0.3) is 0 Å². The fourth-order valence-corrected chi connectivity index (χ4v) is 1.71. The van der Waals surface area contributed by atoms with E-state index in [1.165, 1.54) is 0 Å². The third kappa shape index (κ3) is 2.40. The average Bonchev–Trinajstić information content (AvgIpc) is 2.35. The Hall–Kier alpha value is -1.39. The third-order valence-electron chi connectivity index (χ3n) is 2.49. The Bertz CT molecular complexity index is 363. The van der Waals surface area contributed by atoms with E-state index in [9.17, 15) is 10.1 Å². The zero-order valence-corrected chi connectivity index (χ0v) is 9.50. The van der Waals surface area contributed by atoms with Crippen LogP contribution in [0, 0.1) is 6.07 Å². The molecule has 0 fully saturated rings. The second-order valence-electron chi connectivity index (χ2n) is 3.43. The van der Waals surface area contributed by atoms with E-state index in [1.807, 2.05) is 13.8 Å². The maximum Gasteiger partial charge on any atom is 0.177 e. The fourth-order valence-electron chi connectivity index (χ4n) is 1.71. The molecule has 0 aliphatic heterocycles. The number of rotatable bonds is 5. The lowest BCUT2D eigenvalue weighted by atomic mass is 9.94. The molecule has 0 saturated heterocycles. The lowest BCUT2D eigenvalue weighted by Gasteiger charge is -2.11. The molecule has 0 saturated carbocycles. The van der Waals surface area contributed by atoms with Gasteiger partial charge in [0.05, 0.1) is 6.54 Å². The molecule has 0 atom stereocenters. The molecule has 0 aliphatic rings. The van der Waals surface area contributed by atoms with Crippen molar-refractivity contribution in [2.75, 3.05) is 6.54 Å². The Morgan fingerprint density at radius 2 is 2.12 bits per heavy atom. The van der Waals surface area contributed by atoms with Gasteiger partial charge in [-0.25, -0.2) is 0 Å². The summed E-state index contributed by atoms with van der Waals surface area (Å²) in [5.74, 6) is 0.00432. The van der Waals surface area contributed by atoms with Crippen LogP contribution in [0.4, 0.5) is 0 Å². The molecule has 4 heteroatoms. The van der Waals surface area contributed by atoms with E-state index in [0.717, 1.165) is 5.56 Å². The average molecular weight is 221 g/mol. The summed E-state index contributed by atoms with van der Waals surface area (Å²) in [5.41, 5.74) is 7.44. The molecule has 0 spiro atoms. The summed E-state index contributed by atoms with van der Waals surface area (Å²) >= 11 is 0. The van der Waals surface area contributed by atoms with E-state index in [1.54, 1.807) is 6.07 Å².